The number of rotatable bonds is 6. The molecule has 1 aliphatic heterocycles. The number of nitrogens with zero attached hydrogens (tertiary/aromatic N) is 4. The number of aromatic nitrogens is 4. The van der Waals surface area contributed by atoms with Crippen LogP contribution in [0.25, 0.3) is 11.0 Å². The van der Waals surface area contributed by atoms with E-state index in [-0.39, 0.29) is 18.0 Å². The van der Waals surface area contributed by atoms with Gasteiger partial charge >= 0.3 is 0 Å². The molecule has 1 aliphatic carbocycles. The average molecular weight is 420 g/mol. The Balaban J connectivity index is 1.58. The summed E-state index contributed by atoms with van der Waals surface area (Å²) in [6.45, 7) is 6.09. The second-order valence-corrected chi connectivity index (χ2v) is 8.16. The molecule has 0 unspecified atom stereocenters. The first-order valence-electron chi connectivity index (χ1n) is 10.4. The maximum atomic E-state index is 13.2. The summed E-state index contributed by atoms with van der Waals surface area (Å²) >= 11 is 0. The van der Waals surface area contributed by atoms with Crippen molar-refractivity contribution in [3.8, 4) is 5.75 Å². The molecule has 2 aliphatic rings. The summed E-state index contributed by atoms with van der Waals surface area (Å²) in [7, 11) is 0. The molecule has 3 N–H and O–H groups in total. The summed E-state index contributed by atoms with van der Waals surface area (Å²) in [6, 6.07) is 5.22. The number of carbonyl (C=O) groups is 2. The van der Waals surface area contributed by atoms with Gasteiger partial charge in [-0.25, -0.2) is 4.98 Å². The van der Waals surface area contributed by atoms with Crippen molar-refractivity contribution in [2.24, 2.45) is 5.73 Å². The number of amides is 2. The topological polar surface area (TPSA) is 117 Å². The molecule has 1 saturated carbocycles. The van der Waals surface area contributed by atoms with E-state index in [4.69, 9.17) is 10.5 Å². The van der Waals surface area contributed by atoms with Gasteiger partial charge in [0, 0.05) is 5.56 Å². The van der Waals surface area contributed by atoms with E-state index in [9.17, 15) is 9.59 Å². The minimum Gasteiger partial charge on any atom is -0.489 e. The van der Waals surface area contributed by atoms with Crippen LogP contribution in [0.2, 0.25) is 0 Å². The molecule has 0 bridgehead atoms. The number of aryl methyl sites for hydroxylation is 1. The summed E-state index contributed by atoms with van der Waals surface area (Å²) < 4.78 is 9.67. The van der Waals surface area contributed by atoms with E-state index < -0.39 is 5.91 Å². The summed E-state index contributed by atoms with van der Waals surface area (Å²) in [5, 5.41) is 7.49. The minimum absolute atomic E-state index is 0.0805. The van der Waals surface area contributed by atoms with Gasteiger partial charge in [0.2, 0.25) is 11.9 Å². The molecular weight excluding hydrogens is 396 g/mol. The summed E-state index contributed by atoms with van der Waals surface area (Å²) in [5.74, 6) is 0.0987. The summed E-state index contributed by atoms with van der Waals surface area (Å²) in [4.78, 5) is 29.6. The molecule has 0 saturated heterocycles. The molecule has 2 aromatic heterocycles. The maximum Gasteiger partial charge on any atom is 0.276 e. The Bertz CT molecular complexity index is 1220. The Morgan fingerprint density at radius 3 is 2.84 bits per heavy atom. The van der Waals surface area contributed by atoms with Crippen molar-refractivity contribution >= 4 is 28.8 Å². The van der Waals surface area contributed by atoms with Crippen LogP contribution >= 0.6 is 0 Å². The minimum atomic E-state index is -0.560. The van der Waals surface area contributed by atoms with Crippen LogP contribution in [-0.2, 0) is 0 Å². The molecule has 31 heavy (non-hydrogen) atoms. The quantitative estimate of drug-likeness (QED) is 0.594. The Kier molecular flexibility index (Phi) is 4.53. The fourth-order valence-corrected chi connectivity index (χ4v) is 4.28. The smallest absolute Gasteiger partial charge is 0.276 e. The Morgan fingerprint density at radius 1 is 1.35 bits per heavy atom. The van der Waals surface area contributed by atoms with E-state index in [1.807, 2.05) is 22.2 Å². The lowest BCUT2D eigenvalue weighted by atomic mass is 9.93. The summed E-state index contributed by atoms with van der Waals surface area (Å²) in [5.41, 5.74) is 8.37. The number of nitrogens with one attached hydrogen (secondary N) is 1. The predicted molar refractivity (Wildman–Crippen MR) is 115 cm³/mol. The van der Waals surface area contributed by atoms with Crippen LogP contribution in [0.15, 0.2) is 30.9 Å². The van der Waals surface area contributed by atoms with Gasteiger partial charge in [-0.15, -0.1) is 6.58 Å². The largest absolute Gasteiger partial charge is 0.489 e. The van der Waals surface area contributed by atoms with E-state index in [2.05, 4.69) is 22.0 Å². The normalized spacial score (nSPS) is 17.8. The van der Waals surface area contributed by atoms with Gasteiger partial charge < -0.3 is 10.5 Å². The fraction of sp³-hybridized carbons (Fsp3) is 0.364. The van der Waals surface area contributed by atoms with Crippen LogP contribution in [0.4, 0.5) is 5.95 Å². The van der Waals surface area contributed by atoms with E-state index in [1.54, 1.807) is 18.2 Å². The predicted octanol–water partition coefficient (Wildman–Crippen LogP) is 3.13. The number of hydrogen-bond donors (Lipinski definition) is 2. The number of allylic oxidation sites excluding steroid dienone is 1. The third-order valence-electron chi connectivity index (χ3n) is 6.01. The molecule has 2 amide bonds. The first kappa shape index (κ1) is 19.3. The van der Waals surface area contributed by atoms with Gasteiger partial charge in [-0.2, -0.15) is 5.10 Å². The molecule has 5 rings (SSSR count). The monoisotopic (exact) mass is 420 g/mol. The van der Waals surface area contributed by atoms with Crippen molar-refractivity contribution in [1.82, 2.24) is 19.3 Å². The maximum absolute atomic E-state index is 13.2. The lowest BCUT2D eigenvalue weighted by Gasteiger charge is -2.28. The standard InChI is InChI=1S/C22H24N6O3/c1-3-5-15-11-31-18-10-13(20(23)29)9-16-19(18)27(15)22(24-16)25-21(30)17-8-12(2)26-28(17)14-6-4-7-14/h3,8-10,14-15H,1,4-7,11H2,2H3,(H2,23,29)(H,24,25,30)/t15-/m0/s1. The van der Waals surface area contributed by atoms with Crippen molar-refractivity contribution in [1.29, 1.82) is 0 Å². The molecule has 3 heterocycles. The molecule has 1 fully saturated rings. The third kappa shape index (κ3) is 3.17. The number of primary amides is 1. The zero-order valence-electron chi connectivity index (χ0n) is 17.3. The number of hydrogen-bond acceptors (Lipinski definition) is 5. The zero-order valence-corrected chi connectivity index (χ0v) is 17.3. The molecule has 9 heteroatoms. The van der Waals surface area contributed by atoms with Crippen LogP contribution in [0, 0.1) is 6.92 Å². The van der Waals surface area contributed by atoms with E-state index in [0.717, 1.165) is 30.5 Å². The average Bonchev–Trinajstić information content (AvgIpc) is 3.24. The van der Waals surface area contributed by atoms with Gasteiger partial charge in [0.1, 0.15) is 23.6 Å². The first-order chi connectivity index (χ1) is 15.0. The molecule has 9 nitrogen and oxygen atoms in total. The highest BCUT2D eigenvalue weighted by Gasteiger charge is 2.30. The highest BCUT2D eigenvalue weighted by molar-refractivity contribution is 6.04. The SMILES string of the molecule is C=CC[C@H]1COc2cc(C(N)=O)cc3nc(NC(=O)c4cc(C)nn4C4CCC4)n1c23. The van der Waals surface area contributed by atoms with Crippen LogP contribution in [-0.4, -0.2) is 37.8 Å². The van der Waals surface area contributed by atoms with Gasteiger partial charge in [0.15, 0.2) is 0 Å². The highest BCUT2D eigenvalue weighted by Crippen LogP contribution is 2.38. The number of anilines is 1. The fourth-order valence-electron chi connectivity index (χ4n) is 4.28. The van der Waals surface area contributed by atoms with Crippen molar-refractivity contribution in [3.63, 3.8) is 0 Å². The lowest BCUT2D eigenvalue weighted by molar-refractivity contribution is 0.0993. The van der Waals surface area contributed by atoms with Crippen molar-refractivity contribution in [3.05, 3.63) is 47.8 Å². The number of ether oxygens (including phenoxy) is 1. The number of imidazole rings is 1. The van der Waals surface area contributed by atoms with Crippen LogP contribution in [0.5, 0.6) is 5.75 Å². The molecule has 0 spiro atoms. The summed E-state index contributed by atoms with van der Waals surface area (Å²) in [6.07, 6.45) is 5.65. The highest BCUT2D eigenvalue weighted by atomic mass is 16.5. The molecule has 1 atom stereocenters. The zero-order chi connectivity index (χ0) is 21.7. The molecule has 3 aromatic rings. The number of nitrogens with two attached hydrogens (primary N) is 1. The molecule has 1 aromatic carbocycles. The van der Waals surface area contributed by atoms with E-state index in [0.29, 0.717) is 41.5 Å². The van der Waals surface area contributed by atoms with Gasteiger partial charge in [-0.1, -0.05) is 6.08 Å². The van der Waals surface area contributed by atoms with Gasteiger partial charge in [-0.05, 0) is 50.8 Å². The van der Waals surface area contributed by atoms with Crippen molar-refractivity contribution in [2.75, 3.05) is 11.9 Å². The Morgan fingerprint density at radius 2 is 2.16 bits per heavy atom. The van der Waals surface area contributed by atoms with Gasteiger partial charge in [0.05, 0.1) is 23.3 Å². The van der Waals surface area contributed by atoms with Crippen LogP contribution < -0.4 is 15.8 Å². The van der Waals surface area contributed by atoms with E-state index >= 15 is 0 Å². The Hall–Kier alpha value is -3.62. The second-order valence-electron chi connectivity index (χ2n) is 8.16. The lowest BCUT2D eigenvalue weighted by Crippen LogP contribution is -2.27. The second kappa shape index (κ2) is 7.26. The molecular formula is C22H24N6O3. The van der Waals surface area contributed by atoms with Crippen LogP contribution in [0.1, 0.15) is 64.3 Å². The number of benzene rings is 1. The molecule has 0 radical (unpaired) electrons. The first-order valence-corrected chi connectivity index (χ1v) is 10.4. The third-order valence-corrected chi connectivity index (χ3v) is 6.01. The number of carbonyl (C=O) groups excluding carboxylic acids is 2. The van der Waals surface area contributed by atoms with Gasteiger partial charge in [-0.3, -0.25) is 24.2 Å². The Labute approximate surface area is 178 Å². The molecule has 160 valence electrons. The van der Waals surface area contributed by atoms with Crippen LogP contribution in [0.3, 0.4) is 0 Å². The van der Waals surface area contributed by atoms with Crippen molar-refractivity contribution < 1.29 is 14.3 Å². The van der Waals surface area contributed by atoms with Crippen molar-refractivity contribution in [2.45, 2.75) is 44.7 Å². The van der Waals surface area contributed by atoms with Gasteiger partial charge in [0.25, 0.3) is 5.91 Å². The van der Waals surface area contributed by atoms with E-state index in [1.165, 1.54) is 0 Å².